The van der Waals surface area contributed by atoms with Gasteiger partial charge >= 0.3 is 0 Å². The summed E-state index contributed by atoms with van der Waals surface area (Å²) in [5.74, 6) is 0.311. The molecule has 0 radical (unpaired) electrons. The molecule has 160 valence electrons. The maximum Gasteiger partial charge on any atom is 0.273 e. The second kappa shape index (κ2) is 7.83. The highest BCUT2D eigenvalue weighted by molar-refractivity contribution is 6.00. The van der Waals surface area contributed by atoms with Crippen molar-refractivity contribution >= 4 is 5.91 Å². The van der Waals surface area contributed by atoms with E-state index in [4.69, 9.17) is 4.74 Å². The monoisotopic (exact) mass is 419 g/mol. The number of ether oxygens (including phenoxy) is 1. The van der Waals surface area contributed by atoms with E-state index in [0.717, 1.165) is 16.7 Å². The molecule has 4 rings (SSSR count). The number of hydrogen-bond acceptors (Lipinski definition) is 5. The summed E-state index contributed by atoms with van der Waals surface area (Å²) < 4.78 is 5.56. The molecule has 0 bridgehead atoms. The Balaban J connectivity index is 1.94. The van der Waals surface area contributed by atoms with Crippen molar-refractivity contribution in [3.05, 3.63) is 70.9 Å². The van der Waals surface area contributed by atoms with E-state index in [9.17, 15) is 15.0 Å². The molecule has 3 N–H and O–H groups in total. The number of fused-ring (bicyclic) bond motifs is 1. The molecule has 2 heterocycles. The van der Waals surface area contributed by atoms with Crippen LogP contribution in [0.25, 0.3) is 11.3 Å². The Bertz CT molecular complexity index is 1180. The lowest BCUT2D eigenvalue weighted by Gasteiger charge is -2.25. The molecular weight excluding hydrogens is 394 g/mol. The van der Waals surface area contributed by atoms with Gasteiger partial charge in [-0.15, -0.1) is 6.58 Å². The molecule has 7 heteroatoms. The molecule has 2 aromatic carbocycles. The summed E-state index contributed by atoms with van der Waals surface area (Å²) in [6.45, 7) is 10.1. The summed E-state index contributed by atoms with van der Waals surface area (Å²) in [4.78, 5) is 14.9. The molecule has 0 fully saturated rings. The van der Waals surface area contributed by atoms with Crippen molar-refractivity contribution < 1.29 is 19.7 Å². The van der Waals surface area contributed by atoms with Crippen LogP contribution >= 0.6 is 0 Å². The van der Waals surface area contributed by atoms with E-state index in [2.05, 4.69) is 16.8 Å². The summed E-state index contributed by atoms with van der Waals surface area (Å²) in [6.07, 6.45) is 1.67. The van der Waals surface area contributed by atoms with E-state index >= 15 is 0 Å². The molecule has 0 spiro atoms. The number of aromatic hydroxyl groups is 2. The van der Waals surface area contributed by atoms with Crippen LogP contribution in [0.2, 0.25) is 0 Å². The number of nitrogens with one attached hydrogen (secondary N) is 1. The molecule has 1 aromatic heterocycles. The lowest BCUT2D eigenvalue weighted by atomic mass is 9.94. The van der Waals surface area contributed by atoms with Crippen molar-refractivity contribution in [3.8, 4) is 28.5 Å². The van der Waals surface area contributed by atoms with Crippen molar-refractivity contribution in [1.29, 1.82) is 0 Å². The fraction of sp³-hybridized carbons (Fsp3) is 0.250. The maximum absolute atomic E-state index is 13.2. The highest BCUT2D eigenvalue weighted by atomic mass is 16.5. The van der Waals surface area contributed by atoms with Crippen molar-refractivity contribution in [1.82, 2.24) is 15.1 Å². The number of carbonyl (C=O) groups excluding carboxylic acids is 1. The van der Waals surface area contributed by atoms with Crippen LogP contribution in [-0.4, -0.2) is 44.4 Å². The van der Waals surface area contributed by atoms with Gasteiger partial charge in [0.25, 0.3) is 5.91 Å². The minimum atomic E-state index is -0.478. The Morgan fingerprint density at radius 1 is 1.26 bits per heavy atom. The lowest BCUT2D eigenvalue weighted by Crippen LogP contribution is -2.29. The average Bonchev–Trinajstić information content (AvgIpc) is 3.27. The summed E-state index contributed by atoms with van der Waals surface area (Å²) in [5, 5.41) is 28.2. The number of H-pyrrole nitrogens is 1. The Morgan fingerprint density at radius 2 is 2.03 bits per heavy atom. The second-order valence-electron chi connectivity index (χ2n) is 7.65. The van der Waals surface area contributed by atoms with E-state index in [1.54, 1.807) is 29.2 Å². The summed E-state index contributed by atoms with van der Waals surface area (Å²) in [5.41, 5.74) is 4.63. The highest BCUT2D eigenvalue weighted by Crippen LogP contribution is 2.46. The Kier molecular flexibility index (Phi) is 5.19. The van der Waals surface area contributed by atoms with E-state index in [-0.39, 0.29) is 17.4 Å². The Morgan fingerprint density at radius 3 is 2.74 bits per heavy atom. The van der Waals surface area contributed by atoms with Gasteiger partial charge in [-0.2, -0.15) is 5.10 Å². The average molecular weight is 419 g/mol. The van der Waals surface area contributed by atoms with Crippen LogP contribution in [0, 0.1) is 13.8 Å². The third-order valence-electron chi connectivity index (χ3n) is 5.49. The van der Waals surface area contributed by atoms with Gasteiger partial charge in [-0.25, -0.2) is 0 Å². The molecule has 1 unspecified atom stereocenters. The van der Waals surface area contributed by atoms with Crippen molar-refractivity contribution in [2.45, 2.75) is 26.8 Å². The molecule has 7 nitrogen and oxygen atoms in total. The first-order chi connectivity index (χ1) is 14.9. The standard InChI is InChI=1S/C24H25N3O4/c1-5-9-27-22(15-7-8-17(28)18(12-15)31-6-2)19-20(25-26-21(19)24(27)30)16-11-13(3)10-14(4)23(16)29/h5,7-8,10-12,22,28-29H,1,6,9H2,2-4H3,(H,25,26). The number of aromatic amines is 1. The molecule has 3 aromatic rings. The summed E-state index contributed by atoms with van der Waals surface area (Å²) in [6, 6.07) is 8.34. The van der Waals surface area contributed by atoms with Gasteiger partial charge in [-0.05, 0) is 55.7 Å². The number of phenolic OH excluding ortho intramolecular Hbond substituents is 2. The van der Waals surface area contributed by atoms with Gasteiger partial charge in [0.15, 0.2) is 11.5 Å². The molecule has 31 heavy (non-hydrogen) atoms. The van der Waals surface area contributed by atoms with Crippen LogP contribution < -0.4 is 4.74 Å². The Hall–Kier alpha value is -3.74. The number of benzene rings is 2. The van der Waals surface area contributed by atoms with Crippen LogP contribution in [0.4, 0.5) is 0 Å². The second-order valence-corrected chi connectivity index (χ2v) is 7.65. The SMILES string of the molecule is C=CCN1C(=O)c2[nH]nc(-c3cc(C)cc(C)c3O)c2C1c1ccc(O)c(OCC)c1. The zero-order valence-electron chi connectivity index (χ0n) is 17.8. The van der Waals surface area contributed by atoms with Gasteiger partial charge in [-0.1, -0.05) is 18.2 Å². The van der Waals surface area contributed by atoms with Gasteiger partial charge in [0.05, 0.1) is 12.6 Å². The third kappa shape index (κ3) is 3.32. The first-order valence-electron chi connectivity index (χ1n) is 10.1. The molecule has 1 aliphatic heterocycles. The normalized spacial score (nSPS) is 15.3. The molecule has 0 saturated heterocycles. The number of carbonyl (C=O) groups is 1. The lowest BCUT2D eigenvalue weighted by molar-refractivity contribution is 0.0764. The molecular formula is C24H25N3O4. The Labute approximate surface area is 180 Å². The van der Waals surface area contributed by atoms with Gasteiger partial charge in [0.2, 0.25) is 0 Å². The summed E-state index contributed by atoms with van der Waals surface area (Å²) in [7, 11) is 0. The van der Waals surface area contributed by atoms with Crippen molar-refractivity contribution in [3.63, 3.8) is 0 Å². The minimum Gasteiger partial charge on any atom is -0.507 e. The number of rotatable bonds is 6. The molecule has 1 aliphatic rings. The minimum absolute atomic E-state index is 0.0322. The number of aryl methyl sites for hydroxylation is 2. The van der Waals surface area contributed by atoms with Gasteiger partial charge in [-0.3, -0.25) is 9.89 Å². The topological polar surface area (TPSA) is 98.7 Å². The van der Waals surface area contributed by atoms with Crippen LogP contribution in [0.3, 0.4) is 0 Å². The van der Waals surface area contributed by atoms with Crippen molar-refractivity contribution in [2.24, 2.45) is 0 Å². The van der Waals surface area contributed by atoms with E-state index in [1.165, 1.54) is 0 Å². The van der Waals surface area contributed by atoms with Crippen LogP contribution in [0.15, 0.2) is 43.0 Å². The molecule has 1 atom stereocenters. The summed E-state index contributed by atoms with van der Waals surface area (Å²) >= 11 is 0. The van der Waals surface area contributed by atoms with Gasteiger partial charge < -0.3 is 19.8 Å². The smallest absolute Gasteiger partial charge is 0.273 e. The predicted octanol–water partition coefficient (Wildman–Crippen LogP) is 4.23. The van der Waals surface area contributed by atoms with E-state index < -0.39 is 6.04 Å². The first kappa shape index (κ1) is 20.5. The first-order valence-corrected chi connectivity index (χ1v) is 10.1. The number of aromatic nitrogens is 2. The molecule has 0 saturated carbocycles. The predicted molar refractivity (Wildman–Crippen MR) is 118 cm³/mol. The fourth-order valence-electron chi connectivity index (χ4n) is 4.19. The van der Waals surface area contributed by atoms with Crippen LogP contribution in [0.5, 0.6) is 17.2 Å². The van der Waals surface area contributed by atoms with E-state index in [0.29, 0.717) is 41.4 Å². The number of phenols is 2. The molecule has 1 amide bonds. The van der Waals surface area contributed by atoms with Gasteiger partial charge in [0, 0.05) is 17.7 Å². The highest BCUT2D eigenvalue weighted by Gasteiger charge is 2.42. The third-order valence-corrected chi connectivity index (χ3v) is 5.49. The zero-order valence-corrected chi connectivity index (χ0v) is 17.8. The zero-order chi connectivity index (χ0) is 22.3. The maximum atomic E-state index is 13.2. The van der Waals surface area contributed by atoms with Gasteiger partial charge in [0.1, 0.15) is 17.1 Å². The quantitative estimate of drug-likeness (QED) is 0.519. The molecule has 0 aliphatic carbocycles. The number of amides is 1. The van der Waals surface area contributed by atoms with E-state index in [1.807, 2.05) is 32.9 Å². The van der Waals surface area contributed by atoms with Crippen LogP contribution in [-0.2, 0) is 0 Å². The largest absolute Gasteiger partial charge is 0.507 e. The van der Waals surface area contributed by atoms with Crippen LogP contribution in [0.1, 0.15) is 45.7 Å². The fourth-order valence-corrected chi connectivity index (χ4v) is 4.19. The number of hydrogen-bond donors (Lipinski definition) is 3. The van der Waals surface area contributed by atoms with Crippen molar-refractivity contribution in [2.75, 3.05) is 13.2 Å². The number of nitrogens with zero attached hydrogens (tertiary/aromatic N) is 2.